The summed E-state index contributed by atoms with van der Waals surface area (Å²) < 4.78 is 0. The number of carboxylic acids is 1. The molecule has 0 aliphatic heterocycles. The number of carboxylic acid groups (broad SMARTS) is 1. The van der Waals surface area contributed by atoms with Gasteiger partial charge in [0.05, 0.1) is 16.9 Å². The van der Waals surface area contributed by atoms with E-state index in [-0.39, 0.29) is 5.56 Å². The number of nitrogen functional groups attached to an aromatic ring is 1. The zero-order valence-corrected chi connectivity index (χ0v) is 10.7. The average molecular weight is 248 g/mol. The second-order valence-electron chi connectivity index (χ2n) is 5.48. The Bertz CT molecular complexity index is 451. The SMILES string of the molecule is CC1(CNc2ccc(C(=O)O)cc2N)CCCC1. The van der Waals surface area contributed by atoms with Gasteiger partial charge in [-0.1, -0.05) is 19.8 Å². The highest BCUT2D eigenvalue weighted by Crippen LogP contribution is 2.37. The molecule has 98 valence electrons. The first-order valence-electron chi connectivity index (χ1n) is 6.37. The molecule has 1 aliphatic rings. The zero-order chi connectivity index (χ0) is 13.2. The molecule has 0 atom stereocenters. The number of hydrogen-bond donors (Lipinski definition) is 3. The molecule has 1 saturated carbocycles. The number of aromatic carboxylic acids is 1. The normalized spacial score (nSPS) is 17.6. The number of carbonyl (C=O) groups is 1. The maximum atomic E-state index is 10.8. The topological polar surface area (TPSA) is 75.3 Å². The van der Waals surface area contributed by atoms with Crippen LogP contribution in [0.3, 0.4) is 0 Å². The van der Waals surface area contributed by atoms with Crippen LogP contribution in [-0.4, -0.2) is 17.6 Å². The minimum absolute atomic E-state index is 0.227. The van der Waals surface area contributed by atoms with Crippen molar-refractivity contribution in [3.05, 3.63) is 23.8 Å². The summed E-state index contributed by atoms with van der Waals surface area (Å²) in [4.78, 5) is 10.8. The minimum Gasteiger partial charge on any atom is -0.478 e. The average Bonchev–Trinajstić information content (AvgIpc) is 2.75. The van der Waals surface area contributed by atoms with E-state index in [4.69, 9.17) is 10.8 Å². The predicted molar refractivity (Wildman–Crippen MR) is 72.9 cm³/mol. The van der Waals surface area contributed by atoms with Crippen LogP contribution in [0.1, 0.15) is 43.0 Å². The number of nitrogens with two attached hydrogens (primary N) is 1. The number of benzene rings is 1. The van der Waals surface area contributed by atoms with Crippen LogP contribution in [-0.2, 0) is 0 Å². The Balaban J connectivity index is 2.03. The number of anilines is 2. The summed E-state index contributed by atoms with van der Waals surface area (Å²) in [5.41, 5.74) is 7.76. The van der Waals surface area contributed by atoms with Gasteiger partial charge in [0.2, 0.25) is 0 Å². The van der Waals surface area contributed by atoms with Crippen molar-refractivity contribution in [3.8, 4) is 0 Å². The molecular weight excluding hydrogens is 228 g/mol. The van der Waals surface area contributed by atoms with Crippen LogP contribution in [0, 0.1) is 5.41 Å². The van der Waals surface area contributed by atoms with Crippen LogP contribution in [0.15, 0.2) is 18.2 Å². The maximum Gasteiger partial charge on any atom is 0.335 e. The fourth-order valence-electron chi connectivity index (χ4n) is 2.57. The molecule has 0 bridgehead atoms. The van der Waals surface area contributed by atoms with Gasteiger partial charge >= 0.3 is 5.97 Å². The molecule has 1 fully saturated rings. The monoisotopic (exact) mass is 248 g/mol. The number of nitrogens with one attached hydrogen (secondary N) is 1. The van der Waals surface area contributed by atoms with Crippen molar-refractivity contribution in [1.82, 2.24) is 0 Å². The molecule has 0 aromatic heterocycles. The van der Waals surface area contributed by atoms with Gasteiger partial charge in [-0.2, -0.15) is 0 Å². The van der Waals surface area contributed by atoms with Gasteiger partial charge in [0.15, 0.2) is 0 Å². The highest BCUT2D eigenvalue weighted by Gasteiger charge is 2.28. The highest BCUT2D eigenvalue weighted by molar-refractivity contribution is 5.90. The summed E-state index contributed by atoms with van der Waals surface area (Å²) in [6.45, 7) is 3.18. The van der Waals surface area contributed by atoms with E-state index in [1.54, 1.807) is 12.1 Å². The van der Waals surface area contributed by atoms with Gasteiger partial charge in [-0.3, -0.25) is 0 Å². The molecule has 0 spiro atoms. The quantitative estimate of drug-likeness (QED) is 0.716. The lowest BCUT2D eigenvalue weighted by atomic mass is 9.89. The largest absolute Gasteiger partial charge is 0.478 e. The molecule has 4 nitrogen and oxygen atoms in total. The molecule has 0 radical (unpaired) electrons. The van der Waals surface area contributed by atoms with Gasteiger partial charge < -0.3 is 16.2 Å². The van der Waals surface area contributed by atoms with Gasteiger partial charge in [-0.25, -0.2) is 4.79 Å². The Morgan fingerprint density at radius 2 is 2.11 bits per heavy atom. The van der Waals surface area contributed by atoms with E-state index in [0.717, 1.165) is 12.2 Å². The highest BCUT2D eigenvalue weighted by atomic mass is 16.4. The lowest BCUT2D eigenvalue weighted by Gasteiger charge is -2.24. The fraction of sp³-hybridized carbons (Fsp3) is 0.500. The third-order valence-corrected chi connectivity index (χ3v) is 3.81. The Hall–Kier alpha value is -1.71. The molecule has 4 N–H and O–H groups in total. The third-order valence-electron chi connectivity index (χ3n) is 3.81. The predicted octanol–water partition coefficient (Wildman–Crippen LogP) is 2.96. The molecule has 0 saturated heterocycles. The minimum atomic E-state index is -0.948. The Morgan fingerprint density at radius 3 is 2.67 bits per heavy atom. The third kappa shape index (κ3) is 2.75. The fourth-order valence-corrected chi connectivity index (χ4v) is 2.57. The Kier molecular flexibility index (Phi) is 3.45. The summed E-state index contributed by atoms with van der Waals surface area (Å²) >= 11 is 0. The van der Waals surface area contributed by atoms with E-state index in [1.807, 2.05) is 0 Å². The van der Waals surface area contributed by atoms with Crippen molar-refractivity contribution in [1.29, 1.82) is 0 Å². The van der Waals surface area contributed by atoms with Crippen LogP contribution in [0.5, 0.6) is 0 Å². The first-order chi connectivity index (χ1) is 8.50. The standard InChI is InChI=1S/C14H20N2O2/c1-14(6-2-3-7-14)9-16-12-5-4-10(13(17)18)8-11(12)15/h4-5,8,16H,2-3,6-7,9,15H2,1H3,(H,17,18). The van der Waals surface area contributed by atoms with Crippen LogP contribution in [0.2, 0.25) is 0 Å². The van der Waals surface area contributed by atoms with E-state index in [1.165, 1.54) is 31.7 Å². The maximum absolute atomic E-state index is 10.8. The number of rotatable bonds is 4. The summed E-state index contributed by atoms with van der Waals surface area (Å²) in [5, 5.41) is 12.2. The van der Waals surface area contributed by atoms with E-state index >= 15 is 0 Å². The van der Waals surface area contributed by atoms with Crippen molar-refractivity contribution < 1.29 is 9.90 Å². The van der Waals surface area contributed by atoms with Crippen LogP contribution < -0.4 is 11.1 Å². The van der Waals surface area contributed by atoms with Crippen LogP contribution >= 0.6 is 0 Å². The lowest BCUT2D eigenvalue weighted by molar-refractivity contribution is 0.0697. The first-order valence-corrected chi connectivity index (χ1v) is 6.37. The Labute approximate surface area is 107 Å². The second-order valence-corrected chi connectivity index (χ2v) is 5.48. The van der Waals surface area contributed by atoms with Gasteiger partial charge in [0, 0.05) is 6.54 Å². The van der Waals surface area contributed by atoms with E-state index in [9.17, 15) is 4.79 Å². The van der Waals surface area contributed by atoms with Crippen molar-refractivity contribution in [2.45, 2.75) is 32.6 Å². The van der Waals surface area contributed by atoms with Gasteiger partial charge in [0.1, 0.15) is 0 Å². The van der Waals surface area contributed by atoms with Crippen molar-refractivity contribution in [2.75, 3.05) is 17.6 Å². The van der Waals surface area contributed by atoms with Crippen LogP contribution in [0.25, 0.3) is 0 Å². The van der Waals surface area contributed by atoms with Gasteiger partial charge in [-0.15, -0.1) is 0 Å². The van der Waals surface area contributed by atoms with Crippen molar-refractivity contribution >= 4 is 17.3 Å². The van der Waals surface area contributed by atoms with Crippen LogP contribution in [0.4, 0.5) is 11.4 Å². The Morgan fingerprint density at radius 1 is 1.44 bits per heavy atom. The molecular formula is C14H20N2O2. The van der Waals surface area contributed by atoms with E-state index in [2.05, 4.69) is 12.2 Å². The van der Waals surface area contributed by atoms with Crippen molar-refractivity contribution in [3.63, 3.8) is 0 Å². The lowest BCUT2D eigenvalue weighted by Crippen LogP contribution is -2.23. The molecule has 1 aliphatic carbocycles. The molecule has 0 amide bonds. The molecule has 1 aromatic rings. The number of hydrogen-bond acceptors (Lipinski definition) is 3. The van der Waals surface area contributed by atoms with Crippen molar-refractivity contribution in [2.24, 2.45) is 5.41 Å². The summed E-state index contributed by atoms with van der Waals surface area (Å²) in [6, 6.07) is 4.83. The second kappa shape index (κ2) is 4.88. The summed E-state index contributed by atoms with van der Waals surface area (Å²) in [5.74, 6) is -0.948. The molecule has 0 heterocycles. The molecule has 1 aromatic carbocycles. The molecule has 0 unspecified atom stereocenters. The van der Waals surface area contributed by atoms with E-state index < -0.39 is 5.97 Å². The first kappa shape index (κ1) is 12.7. The smallest absolute Gasteiger partial charge is 0.335 e. The molecule has 4 heteroatoms. The molecule has 18 heavy (non-hydrogen) atoms. The van der Waals surface area contributed by atoms with E-state index in [0.29, 0.717) is 11.1 Å². The summed E-state index contributed by atoms with van der Waals surface area (Å²) in [6.07, 6.45) is 5.08. The zero-order valence-electron chi connectivity index (χ0n) is 10.7. The van der Waals surface area contributed by atoms with Gasteiger partial charge in [0.25, 0.3) is 0 Å². The summed E-state index contributed by atoms with van der Waals surface area (Å²) in [7, 11) is 0. The van der Waals surface area contributed by atoms with Gasteiger partial charge in [-0.05, 0) is 36.5 Å². The molecule has 2 rings (SSSR count).